The van der Waals surface area contributed by atoms with Gasteiger partial charge in [-0.3, -0.25) is 0 Å². The summed E-state index contributed by atoms with van der Waals surface area (Å²) in [6, 6.07) is 7.61. The molecule has 7 heteroatoms. The highest BCUT2D eigenvalue weighted by Gasteiger charge is 2.19. The summed E-state index contributed by atoms with van der Waals surface area (Å²) in [5.74, 6) is 0.778. The highest BCUT2D eigenvalue weighted by atomic mass is 16.5. The van der Waals surface area contributed by atoms with Crippen molar-refractivity contribution in [3.63, 3.8) is 0 Å². The number of benzene rings is 1. The summed E-state index contributed by atoms with van der Waals surface area (Å²) >= 11 is 0. The van der Waals surface area contributed by atoms with Crippen molar-refractivity contribution in [2.24, 2.45) is 0 Å². The van der Waals surface area contributed by atoms with Crippen LogP contribution in [0.15, 0.2) is 36.7 Å². The molecule has 0 unspecified atom stereocenters. The Balaban J connectivity index is 1.58. The summed E-state index contributed by atoms with van der Waals surface area (Å²) in [5.41, 5.74) is 1.85. The molecule has 2 aromatic rings. The summed E-state index contributed by atoms with van der Waals surface area (Å²) < 4.78 is 12.6. The van der Waals surface area contributed by atoms with Crippen LogP contribution in [0.1, 0.15) is 18.9 Å². The van der Waals surface area contributed by atoms with Crippen LogP contribution in [0.3, 0.4) is 0 Å². The van der Waals surface area contributed by atoms with Crippen LogP contribution in [0.25, 0.3) is 5.69 Å². The molecule has 0 radical (unpaired) electrons. The number of methoxy groups -OCH3 is 1. The number of hydrogen-bond acceptors (Lipinski definition) is 4. The molecule has 0 saturated carbocycles. The first-order valence-corrected chi connectivity index (χ1v) is 8.48. The molecule has 0 aliphatic carbocycles. The molecule has 7 nitrogen and oxygen atoms in total. The second-order valence-corrected chi connectivity index (χ2v) is 6.13. The summed E-state index contributed by atoms with van der Waals surface area (Å²) in [7, 11) is 1.64. The third-order valence-electron chi connectivity index (χ3n) is 4.14. The number of carbonyl (C=O) groups is 1. The molecule has 1 fully saturated rings. The van der Waals surface area contributed by atoms with Gasteiger partial charge in [0.05, 0.1) is 25.1 Å². The van der Waals surface area contributed by atoms with Gasteiger partial charge in [0.25, 0.3) is 0 Å². The second-order valence-electron chi connectivity index (χ2n) is 6.13. The minimum Gasteiger partial charge on any atom is -0.497 e. The van der Waals surface area contributed by atoms with E-state index in [1.54, 1.807) is 18.0 Å². The van der Waals surface area contributed by atoms with Crippen molar-refractivity contribution in [3.8, 4) is 11.4 Å². The van der Waals surface area contributed by atoms with E-state index in [1.165, 1.54) is 0 Å². The number of nitrogens with one attached hydrogen (secondary N) is 1. The van der Waals surface area contributed by atoms with Gasteiger partial charge >= 0.3 is 6.03 Å². The van der Waals surface area contributed by atoms with Crippen molar-refractivity contribution in [1.29, 1.82) is 0 Å². The highest BCUT2D eigenvalue weighted by molar-refractivity contribution is 5.74. The van der Waals surface area contributed by atoms with E-state index in [-0.39, 0.29) is 12.1 Å². The molecule has 25 heavy (non-hydrogen) atoms. The van der Waals surface area contributed by atoms with Crippen molar-refractivity contribution in [3.05, 3.63) is 42.2 Å². The smallest absolute Gasteiger partial charge is 0.317 e. The number of carbonyl (C=O) groups excluding carboxylic acids is 1. The molecular formula is C18H24N4O3. The van der Waals surface area contributed by atoms with Gasteiger partial charge in [-0.25, -0.2) is 9.48 Å². The maximum atomic E-state index is 12.3. The van der Waals surface area contributed by atoms with Crippen LogP contribution in [0.2, 0.25) is 0 Å². The van der Waals surface area contributed by atoms with E-state index in [1.807, 2.05) is 42.3 Å². The van der Waals surface area contributed by atoms with Crippen molar-refractivity contribution in [2.45, 2.75) is 26.0 Å². The number of amides is 2. The molecule has 1 aliphatic heterocycles. The van der Waals surface area contributed by atoms with E-state index in [2.05, 4.69) is 10.4 Å². The maximum absolute atomic E-state index is 12.3. The average Bonchev–Trinajstić information content (AvgIpc) is 3.00. The van der Waals surface area contributed by atoms with Crippen molar-refractivity contribution in [1.82, 2.24) is 20.0 Å². The molecule has 1 atom stereocenters. The Labute approximate surface area is 147 Å². The largest absolute Gasteiger partial charge is 0.497 e. The molecule has 0 spiro atoms. The Kier molecular flexibility index (Phi) is 5.55. The van der Waals surface area contributed by atoms with Crippen molar-refractivity contribution >= 4 is 6.03 Å². The lowest BCUT2D eigenvalue weighted by molar-refractivity contribution is 0.0710. The predicted octanol–water partition coefficient (Wildman–Crippen LogP) is 2.20. The van der Waals surface area contributed by atoms with Crippen LogP contribution < -0.4 is 10.1 Å². The fourth-order valence-corrected chi connectivity index (χ4v) is 2.81. The van der Waals surface area contributed by atoms with Crippen molar-refractivity contribution in [2.75, 3.05) is 26.8 Å². The van der Waals surface area contributed by atoms with Gasteiger partial charge in [0.15, 0.2) is 0 Å². The number of aromatic nitrogens is 2. The van der Waals surface area contributed by atoms with Gasteiger partial charge in [0, 0.05) is 44.1 Å². The minimum atomic E-state index is -0.0634. The molecular weight excluding hydrogens is 320 g/mol. The first kappa shape index (κ1) is 17.3. The van der Waals surface area contributed by atoms with E-state index in [0.717, 1.165) is 30.0 Å². The molecule has 2 heterocycles. The molecule has 1 aromatic heterocycles. The zero-order valence-corrected chi connectivity index (χ0v) is 14.6. The van der Waals surface area contributed by atoms with Gasteiger partial charge < -0.3 is 19.7 Å². The summed E-state index contributed by atoms with van der Waals surface area (Å²) in [6.07, 6.45) is 4.60. The zero-order valence-electron chi connectivity index (χ0n) is 14.6. The third kappa shape index (κ3) is 4.51. The first-order valence-electron chi connectivity index (χ1n) is 8.48. The summed E-state index contributed by atoms with van der Waals surface area (Å²) in [5, 5.41) is 7.31. The van der Waals surface area contributed by atoms with Crippen LogP contribution in [0.5, 0.6) is 5.75 Å². The van der Waals surface area contributed by atoms with Gasteiger partial charge in [-0.15, -0.1) is 0 Å². The zero-order chi connectivity index (χ0) is 17.6. The number of rotatable bonds is 4. The Morgan fingerprint density at radius 1 is 1.48 bits per heavy atom. The third-order valence-corrected chi connectivity index (χ3v) is 4.14. The Morgan fingerprint density at radius 3 is 3.20 bits per heavy atom. The van der Waals surface area contributed by atoms with E-state index in [4.69, 9.17) is 9.47 Å². The lowest BCUT2D eigenvalue weighted by atomic mass is 10.3. The standard InChI is InChI=1S/C18H24N4O3/c1-14-12-21(7-4-8-25-14)18(23)19-10-15-11-20-22(13-15)16-5-3-6-17(9-16)24-2/h3,5-6,9,11,13-14H,4,7-8,10,12H2,1-2H3,(H,19,23)/t14-/m0/s1. The number of hydrogen-bond donors (Lipinski definition) is 1. The van der Waals surface area contributed by atoms with E-state index >= 15 is 0 Å². The quantitative estimate of drug-likeness (QED) is 0.923. The molecule has 1 N–H and O–H groups in total. The molecule has 2 amide bonds. The topological polar surface area (TPSA) is 68.6 Å². The number of urea groups is 1. The fourth-order valence-electron chi connectivity index (χ4n) is 2.81. The van der Waals surface area contributed by atoms with E-state index in [0.29, 0.717) is 19.7 Å². The molecule has 1 saturated heterocycles. The molecule has 0 bridgehead atoms. The Bertz CT molecular complexity index is 716. The van der Waals surface area contributed by atoms with E-state index < -0.39 is 0 Å². The van der Waals surface area contributed by atoms with Gasteiger partial charge in [0.1, 0.15) is 5.75 Å². The maximum Gasteiger partial charge on any atom is 0.317 e. The minimum absolute atomic E-state index is 0.0634. The monoisotopic (exact) mass is 344 g/mol. The molecule has 1 aliphatic rings. The summed E-state index contributed by atoms with van der Waals surface area (Å²) in [4.78, 5) is 14.2. The van der Waals surface area contributed by atoms with Crippen LogP contribution in [0.4, 0.5) is 4.79 Å². The molecule has 134 valence electrons. The van der Waals surface area contributed by atoms with Crippen LogP contribution in [-0.2, 0) is 11.3 Å². The normalized spacial score (nSPS) is 17.8. The highest BCUT2D eigenvalue weighted by Crippen LogP contribution is 2.16. The lowest BCUT2D eigenvalue weighted by Gasteiger charge is -2.22. The number of ether oxygens (including phenoxy) is 2. The first-order chi connectivity index (χ1) is 12.2. The lowest BCUT2D eigenvalue weighted by Crippen LogP contribution is -2.42. The second kappa shape index (κ2) is 8.02. The molecule has 3 rings (SSSR count). The van der Waals surface area contributed by atoms with Crippen LogP contribution in [-0.4, -0.2) is 53.6 Å². The Morgan fingerprint density at radius 2 is 2.36 bits per heavy atom. The SMILES string of the molecule is COc1cccc(-n2cc(CNC(=O)N3CCCO[C@@H](C)C3)cn2)c1. The van der Waals surface area contributed by atoms with Gasteiger partial charge in [0.2, 0.25) is 0 Å². The molecule has 1 aromatic carbocycles. The Hall–Kier alpha value is -2.54. The van der Waals surface area contributed by atoms with Gasteiger partial charge in [-0.2, -0.15) is 5.10 Å². The average molecular weight is 344 g/mol. The van der Waals surface area contributed by atoms with Crippen molar-refractivity contribution < 1.29 is 14.3 Å². The van der Waals surface area contributed by atoms with Gasteiger partial charge in [-0.05, 0) is 25.5 Å². The predicted molar refractivity (Wildman–Crippen MR) is 94.0 cm³/mol. The van der Waals surface area contributed by atoms with Gasteiger partial charge in [-0.1, -0.05) is 6.07 Å². The summed E-state index contributed by atoms with van der Waals surface area (Å²) in [6.45, 7) is 4.48. The van der Waals surface area contributed by atoms with Crippen LogP contribution in [0, 0.1) is 0 Å². The fraction of sp³-hybridized carbons (Fsp3) is 0.444. The van der Waals surface area contributed by atoms with E-state index in [9.17, 15) is 4.79 Å². The number of nitrogens with zero attached hydrogens (tertiary/aromatic N) is 3. The van der Waals surface area contributed by atoms with Crippen LogP contribution >= 0.6 is 0 Å².